The second kappa shape index (κ2) is 7.11. The van der Waals surface area contributed by atoms with Crippen molar-refractivity contribution >= 4 is 5.91 Å². The molecule has 120 valence electrons. The van der Waals surface area contributed by atoms with Gasteiger partial charge in [-0.25, -0.2) is 0 Å². The van der Waals surface area contributed by atoms with E-state index in [1.54, 1.807) is 0 Å². The van der Waals surface area contributed by atoms with Crippen LogP contribution < -0.4 is 10.1 Å². The quantitative estimate of drug-likeness (QED) is 0.861. The topological polar surface area (TPSA) is 61.8 Å². The molecule has 1 aliphatic carbocycles. The lowest BCUT2D eigenvalue weighted by Crippen LogP contribution is -2.43. The number of hydrogen-bond donors (Lipinski definition) is 2. The largest absolute Gasteiger partial charge is 0.492 e. The average molecular weight is 304 g/mol. The van der Waals surface area contributed by atoms with E-state index in [1.165, 1.54) is 19.3 Å². The Morgan fingerprint density at radius 3 is 2.91 bits per heavy atom. The number of ether oxygens (including phenoxy) is 1. The van der Waals surface area contributed by atoms with Gasteiger partial charge in [0.1, 0.15) is 12.4 Å². The highest BCUT2D eigenvalue weighted by Gasteiger charge is 2.27. The van der Waals surface area contributed by atoms with Gasteiger partial charge in [0.05, 0.1) is 19.2 Å². The number of carbonyl (C=O) groups excluding carboxylic acids is 1. The number of aliphatic hydroxyl groups excluding tert-OH is 1. The number of amides is 1. The summed E-state index contributed by atoms with van der Waals surface area (Å²) in [7, 11) is 0. The van der Waals surface area contributed by atoms with Gasteiger partial charge in [0, 0.05) is 18.7 Å². The first-order valence-electron chi connectivity index (χ1n) is 8.11. The molecule has 1 heterocycles. The number of hydrogen-bond acceptors (Lipinski definition) is 4. The Balaban J connectivity index is 1.63. The van der Waals surface area contributed by atoms with Crippen molar-refractivity contribution in [3.05, 3.63) is 29.8 Å². The van der Waals surface area contributed by atoms with E-state index in [2.05, 4.69) is 5.32 Å². The molecule has 1 aliphatic heterocycles. The third kappa shape index (κ3) is 3.42. The molecule has 1 fully saturated rings. The molecule has 0 bridgehead atoms. The van der Waals surface area contributed by atoms with E-state index in [9.17, 15) is 9.90 Å². The summed E-state index contributed by atoms with van der Waals surface area (Å²) in [6.45, 7) is 2.23. The molecule has 0 aromatic heterocycles. The summed E-state index contributed by atoms with van der Waals surface area (Å²) in [5.74, 6) is 1.49. The van der Waals surface area contributed by atoms with Crippen molar-refractivity contribution in [2.45, 2.75) is 25.3 Å². The number of aliphatic hydroxyl groups is 1. The molecule has 0 saturated heterocycles. The number of nitrogens with one attached hydrogen (secondary N) is 1. The fourth-order valence-electron chi connectivity index (χ4n) is 3.11. The van der Waals surface area contributed by atoms with Crippen molar-refractivity contribution in [1.29, 1.82) is 0 Å². The first-order chi connectivity index (χ1) is 10.8. The van der Waals surface area contributed by atoms with Crippen molar-refractivity contribution in [2.75, 3.05) is 32.8 Å². The summed E-state index contributed by atoms with van der Waals surface area (Å²) in [6, 6.07) is 7.55. The average Bonchev–Trinajstić information content (AvgIpc) is 2.64. The van der Waals surface area contributed by atoms with Gasteiger partial charge in [-0.15, -0.1) is 0 Å². The second-order valence-corrected chi connectivity index (χ2v) is 6.16. The van der Waals surface area contributed by atoms with Gasteiger partial charge in [-0.05, 0) is 24.8 Å². The van der Waals surface area contributed by atoms with E-state index < -0.39 is 0 Å². The monoisotopic (exact) mass is 304 g/mol. The molecule has 2 aliphatic rings. The molecule has 1 aromatic rings. The molecule has 22 heavy (non-hydrogen) atoms. The van der Waals surface area contributed by atoms with E-state index in [0.717, 1.165) is 17.9 Å². The molecule has 2 N–H and O–H groups in total. The summed E-state index contributed by atoms with van der Waals surface area (Å²) in [5, 5.41) is 12.8. The van der Waals surface area contributed by atoms with Crippen LogP contribution in [-0.4, -0.2) is 48.8 Å². The minimum Gasteiger partial charge on any atom is -0.492 e. The van der Waals surface area contributed by atoms with Gasteiger partial charge in [0.2, 0.25) is 5.91 Å². The highest BCUT2D eigenvalue weighted by Crippen LogP contribution is 2.31. The maximum absolute atomic E-state index is 12.2. The van der Waals surface area contributed by atoms with Gasteiger partial charge in [0.15, 0.2) is 0 Å². The third-order valence-corrected chi connectivity index (χ3v) is 4.69. The van der Waals surface area contributed by atoms with Gasteiger partial charge in [0.25, 0.3) is 0 Å². The van der Waals surface area contributed by atoms with Crippen LogP contribution in [0.15, 0.2) is 24.3 Å². The maximum atomic E-state index is 12.2. The first kappa shape index (κ1) is 15.3. The van der Waals surface area contributed by atoms with Crippen molar-refractivity contribution in [3.8, 4) is 5.75 Å². The summed E-state index contributed by atoms with van der Waals surface area (Å²) in [5.41, 5.74) is 0.953. The van der Waals surface area contributed by atoms with E-state index in [-0.39, 0.29) is 18.6 Å². The Bertz CT molecular complexity index is 516. The number of nitrogens with zero attached hydrogens (tertiary/aromatic N) is 1. The van der Waals surface area contributed by atoms with Gasteiger partial charge >= 0.3 is 0 Å². The maximum Gasteiger partial charge on any atom is 0.234 e. The van der Waals surface area contributed by atoms with Gasteiger partial charge in [-0.2, -0.15) is 0 Å². The Kier molecular flexibility index (Phi) is 4.95. The van der Waals surface area contributed by atoms with E-state index in [1.807, 2.05) is 29.2 Å². The lowest BCUT2D eigenvalue weighted by atomic mass is 9.85. The zero-order valence-electron chi connectivity index (χ0n) is 12.8. The zero-order valence-corrected chi connectivity index (χ0v) is 12.8. The summed E-state index contributed by atoms with van der Waals surface area (Å²) in [4.78, 5) is 14.2. The fraction of sp³-hybridized carbons (Fsp3) is 0.588. The molecule has 1 atom stereocenters. The van der Waals surface area contributed by atoms with Crippen LogP contribution in [0, 0.1) is 5.92 Å². The number of rotatable bonds is 5. The molecular formula is C17H24N2O3. The molecule has 1 amide bonds. The number of benzene rings is 1. The van der Waals surface area contributed by atoms with Gasteiger partial charge in [-0.1, -0.05) is 24.6 Å². The minimum atomic E-state index is -0.187. The molecule has 1 saturated carbocycles. The summed E-state index contributed by atoms with van der Waals surface area (Å²) < 4.78 is 5.73. The van der Waals surface area contributed by atoms with Gasteiger partial charge < -0.3 is 15.2 Å². The second-order valence-electron chi connectivity index (χ2n) is 6.16. The summed E-state index contributed by atoms with van der Waals surface area (Å²) >= 11 is 0. The molecule has 5 heteroatoms. The van der Waals surface area contributed by atoms with Crippen LogP contribution in [0.5, 0.6) is 5.75 Å². The first-order valence-corrected chi connectivity index (χ1v) is 8.11. The van der Waals surface area contributed by atoms with Crippen molar-refractivity contribution in [2.24, 2.45) is 5.92 Å². The third-order valence-electron chi connectivity index (χ3n) is 4.69. The van der Waals surface area contributed by atoms with E-state index in [0.29, 0.717) is 25.6 Å². The Morgan fingerprint density at radius 1 is 1.36 bits per heavy atom. The lowest BCUT2D eigenvalue weighted by Gasteiger charge is -2.29. The smallest absolute Gasteiger partial charge is 0.234 e. The van der Waals surface area contributed by atoms with Crippen LogP contribution in [-0.2, 0) is 4.79 Å². The molecular weight excluding hydrogens is 280 g/mol. The van der Waals surface area contributed by atoms with Crippen LogP contribution in [0.2, 0.25) is 0 Å². The van der Waals surface area contributed by atoms with E-state index in [4.69, 9.17) is 4.74 Å². The minimum absolute atomic E-state index is 0.0176. The predicted octanol–water partition coefficient (Wildman–Crippen LogP) is 1.33. The predicted molar refractivity (Wildman–Crippen MR) is 83.7 cm³/mol. The van der Waals surface area contributed by atoms with Crippen molar-refractivity contribution in [1.82, 2.24) is 10.2 Å². The highest BCUT2D eigenvalue weighted by atomic mass is 16.5. The van der Waals surface area contributed by atoms with Crippen molar-refractivity contribution < 1.29 is 14.6 Å². The SMILES string of the molecule is O=C(CN1CCOc2ccccc2C1CO)NCC1CCC1. The Labute approximate surface area is 131 Å². The number of fused-ring (bicyclic) bond motifs is 1. The number of para-hydroxylation sites is 1. The van der Waals surface area contributed by atoms with Crippen LogP contribution in [0.25, 0.3) is 0 Å². The van der Waals surface area contributed by atoms with Crippen LogP contribution >= 0.6 is 0 Å². The fourth-order valence-corrected chi connectivity index (χ4v) is 3.11. The molecule has 0 spiro atoms. The normalized spacial score (nSPS) is 22.1. The van der Waals surface area contributed by atoms with Gasteiger partial charge in [-0.3, -0.25) is 9.69 Å². The molecule has 1 aromatic carbocycles. The van der Waals surface area contributed by atoms with Crippen LogP contribution in [0.4, 0.5) is 0 Å². The van der Waals surface area contributed by atoms with Crippen molar-refractivity contribution in [3.63, 3.8) is 0 Å². The summed E-state index contributed by atoms with van der Waals surface area (Å²) in [6.07, 6.45) is 3.74. The standard InChI is InChI=1S/C17H24N2O3/c20-12-15-14-6-1-2-7-16(14)22-9-8-19(15)11-17(21)18-10-13-4-3-5-13/h1-2,6-7,13,15,20H,3-5,8-12H2,(H,18,21). The molecule has 1 unspecified atom stereocenters. The highest BCUT2D eigenvalue weighted by molar-refractivity contribution is 5.78. The Hall–Kier alpha value is -1.59. The molecule has 5 nitrogen and oxygen atoms in total. The molecule has 0 radical (unpaired) electrons. The molecule has 3 rings (SSSR count). The van der Waals surface area contributed by atoms with Crippen LogP contribution in [0.3, 0.4) is 0 Å². The lowest BCUT2D eigenvalue weighted by molar-refractivity contribution is -0.123. The number of carbonyl (C=O) groups is 1. The van der Waals surface area contributed by atoms with E-state index >= 15 is 0 Å². The Morgan fingerprint density at radius 2 is 2.18 bits per heavy atom. The zero-order chi connectivity index (χ0) is 15.4. The van der Waals surface area contributed by atoms with Crippen LogP contribution in [0.1, 0.15) is 30.9 Å².